The Balaban J connectivity index is 1.42. The topological polar surface area (TPSA) is 75.1 Å². The predicted molar refractivity (Wildman–Crippen MR) is 118 cm³/mol. The fourth-order valence-corrected chi connectivity index (χ4v) is 4.45. The fourth-order valence-electron chi connectivity index (χ4n) is 4.27. The Kier molecular flexibility index (Phi) is 5.54. The molecule has 0 spiro atoms. The Morgan fingerprint density at radius 3 is 2.62 bits per heavy atom. The summed E-state index contributed by atoms with van der Waals surface area (Å²) in [4.78, 5) is 17.8. The summed E-state index contributed by atoms with van der Waals surface area (Å²) in [6, 6.07) is 5.30. The Labute approximate surface area is 197 Å². The molecule has 1 aromatic carbocycles. The Morgan fingerprint density at radius 1 is 1.24 bits per heavy atom. The van der Waals surface area contributed by atoms with Gasteiger partial charge in [-0.2, -0.15) is 18.3 Å². The highest BCUT2D eigenvalue weighted by Gasteiger charge is 2.48. The van der Waals surface area contributed by atoms with E-state index in [0.29, 0.717) is 10.4 Å². The molecule has 180 valence electrons. The quantitative estimate of drug-likeness (QED) is 0.505. The van der Waals surface area contributed by atoms with Gasteiger partial charge < -0.3 is 15.5 Å². The number of amides is 2. The van der Waals surface area contributed by atoms with Crippen LogP contribution in [0.5, 0.6) is 0 Å². The van der Waals surface area contributed by atoms with Crippen LogP contribution in [0.4, 0.5) is 28.0 Å². The third kappa shape index (κ3) is 4.24. The normalized spacial score (nSPS) is 17.9. The van der Waals surface area contributed by atoms with Crippen molar-refractivity contribution in [2.24, 2.45) is 0 Å². The van der Waals surface area contributed by atoms with E-state index in [0.717, 1.165) is 31.5 Å². The van der Waals surface area contributed by atoms with Crippen molar-refractivity contribution in [2.75, 3.05) is 25.0 Å². The number of aromatic nitrogens is 3. The summed E-state index contributed by atoms with van der Waals surface area (Å²) in [7, 11) is 0. The maximum atomic E-state index is 13.8. The number of benzene rings is 1. The molecule has 0 atom stereocenters. The van der Waals surface area contributed by atoms with Crippen LogP contribution in [0.15, 0.2) is 36.7 Å². The van der Waals surface area contributed by atoms with Gasteiger partial charge >= 0.3 is 12.2 Å². The van der Waals surface area contributed by atoms with E-state index in [4.69, 9.17) is 11.6 Å². The minimum atomic E-state index is -4.64. The molecule has 2 aliphatic rings. The molecule has 2 fully saturated rings. The third-order valence-corrected chi connectivity index (χ3v) is 6.63. The number of likely N-dealkylation sites (tertiary alicyclic amines) is 1. The highest BCUT2D eigenvalue weighted by Crippen LogP contribution is 2.36. The maximum Gasteiger partial charge on any atom is 0.433 e. The average Bonchev–Trinajstić information content (AvgIpc) is 3.15. The summed E-state index contributed by atoms with van der Waals surface area (Å²) >= 11 is 6.07. The summed E-state index contributed by atoms with van der Waals surface area (Å²) in [5, 5.41) is 10.9. The number of rotatable bonds is 5. The maximum absolute atomic E-state index is 13.8. The molecule has 12 heteroatoms. The zero-order valence-corrected chi connectivity index (χ0v) is 18.6. The van der Waals surface area contributed by atoms with Gasteiger partial charge in [0.25, 0.3) is 0 Å². The smallest absolute Gasteiger partial charge is 0.382 e. The van der Waals surface area contributed by atoms with Gasteiger partial charge in [-0.1, -0.05) is 11.6 Å². The highest BCUT2D eigenvalue weighted by molar-refractivity contribution is 6.31. The molecule has 0 unspecified atom stereocenters. The number of halogens is 5. The molecule has 0 radical (unpaired) electrons. The largest absolute Gasteiger partial charge is 0.433 e. The van der Waals surface area contributed by atoms with Crippen molar-refractivity contribution >= 4 is 34.2 Å². The fraction of sp³-hybridized carbons (Fsp3) is 0.409. The molecule has 3 heterocycles. The lowest BCUT2D eigenvalue weighted by Crippen LogP contribution is -2.69. The van der Waals surface area contributed by atoms with Crippen molar-refractivity contribution in [1.29, 1.82) is 0 Å². The summed E-state index contributed by atoms with van der Waals surface area (Å²) in [6.45, 7) is 0.537. The molecule has 0 bridgehead atoms. The lowest BCUT2D eigenvalue weighted by molar-refractivity contribution is -0.140. The number of carbonyl (C=O) groups is 1. The first-order valence-corrected chi connectivity index (χ1v) is 11.2. The summed E-state index contributed by atoms with van der Waals surface area (Å²) in [5.41, 5.74) is -1.56. The number of pyridine rings is 1. The monoisotopic (exact) mass is 496 g/mol. The van der Waals surface area contributed by atoms with Gasteiger partial charge in [0.15, 0.2) is 5.82 Å². The Morgan fingerprint density at radius 2 is 2.00 bits per heavy atom. The van der Waals surface area contributed by atoms with Crippen LogP contribution in [0.1, 0.15) is 25.0 Å². The van der Waals surface area contributed by atoms with E-state index in [1.807, 2.05) is 0 Å². The van der Waals surface area contributed by atoms with Crippen LogP contribution in [0, 0.1) is 5.82 Å². The van der Waals surface area contributed by atoms with E-state index < -0.39 is 23.2 Å². The van der Waals surface area contributed by atoms with Crippen molar-refractivity contribution in [3.63, 3.8) is 0 Å². The van der Waals surface area contributed by atoms with Crippen LogP contribution < -0.4 is 10.6 Å². The number of hydrogen-bond donors (Lipinski definition) is 2. The molecule has 5 rings (SSSR count). The molecule has 1 aliphatic heterocycles. The van der Waals surface area contributed by atoms with Crippen LogP contribution in [0.2, 0.25) is 5.02 Å². The number of anilines is 1. The van der Waals surface area contributed by atoms with E-state index >= 15 is 0 Å². The van der Waals surface area contributed by atoms with E-state index in [2.05, 4.69) is 20.7 Å². The number of carbonyl (C=O) groups excluding carboxylic acids is 1. The third-order valence-electron chi connectivity index (χ3n) is 6.40. The molecule has 1 aliphatic carbocycles. The SMILES string of the molecule is O=C(NC1CCC1)N1CC(CNc2cc(C(F)(F)F)nc3ccc(Cl)cc23)(n2cc(F)cn2)C1. The summed E-state index contributed by atoms with van der Waals surface area (Å²) < 4.78 is 55.5. The molecule has 34 heavy (non-hydrogen) atoms. The van der Waals surface area contributed by atoms with Crippen LogP contribution in [0.3, 0.4) is 0 Å². The van der Waals surface area contributed by atoms with Crippen molar-refractivity contribution in [1.82, 2.24) is 25.0 Å². The van der Waals surface area contributed by atoms with E-state index in [1.165, 1.54) is 29.1 Å². The van der Waals surface area contributed by atoms with Crippen molar-refractivity contribution < 1.29 is 22.4 Å². The summed E-state index contributed by atoms with van der Waals surface area (Å²) in [5.74, 6) is -0.544. The number of nitrogens with zero attached hydrogens (tertiary/aromatic N) is 4. The molecule has 7 nitrogen and oxygen atoms in total. The van der Waals surface area contributed by atoms with Gasteiger partial charge in [0.2, 0.25) is 0 Å². The second-order valence-corrected chi connectivity index (χ2v) is 9.27. The molecule has 2 N–H and O–H groups in total. The number of urea groups is 1. The molecule has 3 aromatic rings. The molecular formula is C22H21ClF4N6O. The zero-order chi connectivity index (χ0) is 24.1. The molecule has 1 saturated carbocycles. The minimum Gasteiger partial charge on any atom is -0.382 e. The van der Waals surface area contributed by atoms with E-state index in [1.54, 1.807) is 4.90 Å². The van der Waals surface area contributed by atoms with E-state index in [9.17, 15) is 22.4 Å². The lowest BCUT2D eigenvalue weighted by Gasteiger charge is -2.50. The molecular weight excluding hydrogens is 476 g/mol. The van der Waals surface area contributed by atoms with Crippen molar-refractivity contribution in [3.05, 3.63) is 53.2 Å². The molecule has 2 aromatic heterocycles. The first kappa shape index (κ1) is 22.7. The number of hydrogen-bond acceptors (Lipinski definition) is 4. The number of alkyl halides is 3. The van der Waals surface area contributed by atoms with Gasteiger partial charge in [0, 0.05) is 28.7 Å². The first-order chi connectivity index (χ1) is 16.1. The van der Waals surface area contributed by atoms with Gasteiger partial charge in [0.1, 0.15) is 11.2 Å². The zero-order valence-electron chi connectivity index (χ0n) is 17.9. The number of fused-ring (bicyclic) bond motifs is 1. The van der Waals surface area contributed by atoms with Crippen LogP contribution in [-0.4, -0.2) is 51.4 Å². The van der Waals surface area contributed by atoms with Crippen LogP contribution in [-0.2, 0) is 11.7 Å². The predicted octanol–water partition coefficient (Wildman–Crippen LogP) is 4.63. The van der Waals surface area contributed by atoms with Gasteiger partial charge in [-0.3, -0.25) is 4.68 Å². The molecule has 2 amide bonds. The minimum absolute atomic E-state index is 0.101. The first-order valence-electron chi connectivity index (χ1n) is 10.8. The average molecular weight is 497 g/mol. The Bertz CT molecular complexity index is 1240. The Hall–Kier alpha value is -3.08. The van der Waals surface area contributed by atoms with Crippen molar-refractivity contribution in [2.45, 2.75) is 37.0 Å². The second-order valence-electron chi connectivity index (χ2n) is 8.83. The van der Waals surface area contributed by atoms with Gasteiger partial charge in [-0.15, -0.1) is 0 Å². The van der Waals surface area contributed by atoms with Gasteiger partial charge in [-0.05, 0) is 43.5 Å². The van der Waals surface area contributed by atoms with E-state index in [-0.39, 0.29) is 42.9 Å². The van der Waals surface area contributed by atoms with Crippen LogP contribution in [0.25, 0.3) is 10.9 Å². The highest BCUT2D eigenvalue weighted by atomic mass is 35.5. The summed E-state index contributed by atoms with van der Waals surface area (Å²) in [6.07, 6.45) is 0.592. The standard InChI is InChI=1S/C22H21ClF4N6O/c23-13-4-5-17-16(6-13)18(7-19(31-17)22(25,26)27)28-10-21(33-9-14(24)8-29-33)11-32(12-21)20(34)30-15-2-1-3-15/h4-9,15H,1-3,10-12H2,(H,28,31)(H,30,34). The second kappa shape index (κ2) is 8.30. The lowest BCUT2D eigenvalue weighted by atomic mass is 9.89. The van der Waals surface area contributed by atoms with Gasteiger partial charge in [-0.25, -0.2) is 14.2 Å². The van der Waals surface area contributed by atoms with Gasteiger partial charge in [0.05, 0.1) is 31.0 Å². The number of nitrogens with one attached hydrogen (secondary N) is 2. The molecule has 1 saturated heterocycles. The van der Waals surface area contributed by atoms with Crippen LogP contribution >= 0.6 is 11.6 Å². The van der Waals surface area contributed by atoms with Crippen molar-refractivity contribution in [3.8, 4) is 0 Å².